The third kappa shape index (κ3) is 3.73. The number of rotatable bonds is 5. The monoisotopic (exact) mass is 376 g/mol. The Morgan fingerprint density at radius 1 is 0.926 bits per heavy atom. The number of fused-ring (bicyclic) bond motifs is 1. The summed E-state index contributed by atoms with van der Waals surface area (Å²) < 4.78 is 15.2. The molecule has 0 saturated carbocycles. The molecular weight excluding hydrogens is 359 g/mol. The van der Waals surface area contributed by atoms with Crippen LogP contribution in [0.5, 0.6) is 0 Å². The molecule has 0 N–H and O–H groups in total. The van der Waals surface area contributed by atoms with Crippen LogP contribution in [-0.2, 0) is 6.42 Å². The number of amides is 1. The number of hydrogen-bond acceptors (Lipinski definition) is 3. The van der Waals surface area contributed by atoms with Gasteiger partial charge in [-0.25, -0.2) is 9.37 Å². The zero-order chi connectivity index (χ0) is 18.6. The van der Waals surface area contributed by atoms with E-state index in [9.17, 15) is 9.18 Å². The van der Waals surface area contributed by atoms with Gasteiger partial charge in [0.2, 0.25) is 0 Å². The molecule has 4 rings (SSSR count). The Balaban J connectivity index is 1.70. The number of para-hydroxylation sites is 1. The van der Waals surface area contributed by atoms with E-state index in [0.29, 0.717) is 18.1 Å². The largest absolute Gasteiger partial charge is 0.284 e. The van der Waals surface area contributed by atoms with Crippen LogP contribution in [0.1, 0.15) is 15.9 Å². The van der Waals surface area contributed by atoms with Crippen molar-refractivity contribution in [3.8, 4) is 0 Å². The second-order valence-corrected chi connectivity index (χ2v) is 7.15. The number of hydrogen-bond donors (Lipinski definition) is 0. The first-order valence-electron chi connectivity index (χ1n) is 8.68. The van der Waals surface area contributed by atoms with Gasteiger partial charge in [-0.15, -0.1) is 0 Å². The van der Waals surface area contributed by atoms with Crippen LogP contribution in [0.15, 0.2) is 78.9 Å². The molecule has 0 radical (unpaired) electrons. The molecular formula is C22H17FN2OS. The van der Waals surface area contributed by atoms with Crippen molar-refractivity contribution in [3.63, 3.8) is 0 Å². The van der Waals surface area contributed by atoms with Crippen molar-refractivity contribution < 1.29 is 9.18 Å². The molecule has 1 amide bonds. The number of aromatic nitrogens is 1. The second-order valence-electron chi connectivity index (χ2n) is 6.14. The molecule has 0 fully saturated rings. The highest BCUT2D eigenvalue weighted by Crippen LogP contribution is 2.30. The molecule has 4 aromatic rings. The molecule has 3 nitrogen and oxygen atoms in total. The highest BCUT2D eigenvalue weighted by molar-refractivity contribution is 7.22. The Labute approximate surface area is 160 Å². The molecule has 0 aliphatic heterocycles. The normalized spacial score (nSPS) is 10.9. The Hall–Kier alpha value is -3.05. The number of nitrogens with zero attached hydrogens (tertiary/aromatic N) is 2. The lowest BCUT2D eigenvalue weighted by Gasteiger charge is -2.20. The van der Waals surface area contributed by atoms with Gasteiger partial charge in [-0.2, -0.15) is 0 Å². The van der Waals surface area contributed by atoms with Gasteiger partial charge < -0.3 is 0 Å². The number of carbonyl (C=O) groups is 1. The van der Waals surface area contributed by atoms with Gasteiger partial charge in [0.1, 0.15) is 5.82 Å². The van der Waals surface area contributed by atoms with Gasteiger partial charge in [-0.1, -0.05) is 65.9 Å². The highest BCUT2D eigenvalue weighted by Gasteiger charge is 2.23. The lowest BCUT2D eigenvalue weighted by atomic mass is 10.1. The second kappa shape index (κ2) is 7.68. The smallest absolute Gasteiger partial charge is 0.263 e. The molecule has 0 spiro atoms. The van der Waals surface area contributed by atoms with E-state index in [1.165, 1.54) is 23.5 Å². The minimum absolute atomic E-state index is 0.0600. The summed E-state index contributed by atoms with van der Waals surface area (Å²) in [5, 5.41) is 0.584. The lowest BCUT2D eigenvalue weighted by Crippen LogP contribution is -2.33. The van der Waals surface area contributed by atoms with Gasteiger partial charge in [0, 0.05) is 6.54 Å². The van der Waals surface area contributed by atoms with Crippen LogP contribution < -0.4 is 4.90 Å². The molecule has 1 aromatic heterocycles. The molecule has 0 bridgehead atoms. The van der Waals surface area contributed by atoms with E-state index in [4.69, 9.17) is 0 Å². The van der Waals surface area contributed by atoms with Crippen LogP contribution in [0.25, 0.3) is 10.2 Å². The van der Waals surface area contributed by atoms with Crippen molar-refractivity contribution in [2.75, 3.05) is 11.4 Å². The van der Waals surface area contributed by atoms with Gasteiger partial charge >= 0.3 is 0 Å². The number of halogens is 1. The predicted octanol–water partition coefficient (Wildman–Crippen LogP) is 5.32. The molecule has 5 heteroatoms. The molecule has 0 aliphatic rings. The standard InChI is InChI=1S/C22H17FN2OS/c23-18-11-5-4-10-17(18)21(26)25(15-14-16-8-2-1-3-9-16)22-24-19-12-6-7-13-20(19)27-22/h1-13H,14-15H2. The Bertz CT molecular complexity index is 1040. The molecule has 0 aliphatic carbocycles. The highest BCUT2D eigenvalue weighted by atomic mass is 32.1. The van der Waals surface area contributed by atoms with E-state index in [-0.39, 0.29) is 11.5 Å². The van der Waals surface area contributed by atoms with E-state index in [2.05, 4.69) is 4.98 Å². The van der Waals surface area contributed by atoms with Crippen LogP contribution in [0.2, 0.25) is 0 Å². The van der Waals surface area contributed by atoms with E-state index in [1.54, 1.807) is 17.0 Å². The van der Waals surface area contributed by atoms with Gasteiger partial charge in [0.15, 0.2) is 5.13 Å². The van der Waals surface area contributed by atoms with Crippen molar-refractivity contribution in [2.45, 2.75) is 6.42 Å². The summed E-state index contributed by atoms with van der Waals surface area (Å²) in [7, 11) is 0. The lowest BCUT2D eigenvalue weighted by molar-refractivity contribution is 0.0983. The van der Waals surface area contributed by atoms with Gasteiger partial charge in [0.05, 0.1) is 15.8 Å². The third-order valence-corrected chi connectivity index (χ3v) is 5.39. The first kappa shape index (κ1) is 17.4. The van der Waals surface area contributed by atoms with E-state index < -0.39 is 5.82 Å². The van der Waals surface area contributed by atoms with Crippen LogP contribution in [-0.4, -0.2) is 17.4 Å². The molecule has 0 unspecified atom stereocenters. The first-order valence-corrected chi connectivity index (χ1v) is 9.50. The summed E-state index contributed by atoms with van der Waals surface area (Å²) in [5.74, 6) is -0.892. The summed E-state index contributed by atoms with van der Waals surface area (Å²) >= 11 is 1.44. The molecule has 3 aromatic carbocycles. The predicted molar refractivity (Wildman–Crippen MR) is 108 cm³/mol. The number of carbonyl (C=O) groups excluding carboxylic acids is 1. The van der Waals surface area contributed by atoms with Crippen LogP contribution in [0.4, 0.5) is 9.52 Å². The van der Waals surface area contributed by atoms with Crippen LogP contribution in [0, 0.1) is 5.82 Å². The topological polar surface area (TPSA) is 33.2 Å². The summed E-state index contributed by atoms with van der Waals surface area (Å²) in [6.07, 6.45) is 0.664. The summed E-state index contributed by atoms with van der Waals surface area (Å²) in [5.41, 5.74) is 2.01. The summed E-state index contributed by atoms with van der Waals surface area (Å²) in [6, 6.07) is 23.7. The van der Waals surface area contributed by atoms with Crippen LogP contribution in [0.3, 0.4) is 0 Å². The fraction of sp³-hybridized carbons (Fsp3) is 0.0909. The van der Waals surface area contributed by atoms with E-state index in [1.807, 2.05) is 54.6 Å². The fourth-order valence-electron chi connectivity index (χ4n) is 2.93. The Kier molecular flexibility index (Phi) is 4.94. The maximum Gasteiger partial charge on any atom is 0.263 e. The fourth-order valence-corrected chi connectivity index (χ4v) is 3.92. The Morgan fingerprint density at radius 2 is 1.63 bits per heavy atom. The minimum atomic E-state index is -0.520. The zero-order valence-electron chi connectivity index (χ0n) is 14.5. The molecule has 0 saturated heterocycles. The van der Waals surface area contributed by atoms with Crippen molar-refractivity contribution >= 4 is 32.6 Å². The first-order chi connectivity index (χ1) is 13.2. The van der Waals surface area contributed by atoms with E-state index >= 15 is 0 Å². The molecule has 0 atom stereocenters. The Morgan fingerprint density at radius 3 is 2.41 bits per heavy atom. The van der Waals surface area contributed by atoms with Crippen molar-refractivity contribution in [1.82, 2.24) is 4.98 Å². The van der Waals surface area contributed by atoms with Gasteiger partial charge in [-0.3, -0.25) is 9.69 Å². The SMILES string of the molecule is O=C(c1ccccc1F)N(CCc1ccccc1)c1nc2ccccc2s1. The van der Waals surface area contributed by atoms with Crippen molar-refractivity contribution in [3.05, 3.63) is 95.8 Å². The minimum Gasteiger partial charge on any atom is -0.284 e. The van der Waals surface area contributed by atoms with E-state index in [0.717, 1.165) is 15.8 Å². The molecule has 27 heavy (non-hydrogen) atoms. The maximum atomic E-state index is 14.2. The number of anilines is 1. The maximum absolute atomic E-state index is 14.2. The van der Waals surface area contributed by atoms with Crippen molar-refractivity contribution in [2.24, 2.45) is 0 Å². The number of benzene rings is 3. The summed E-state index contributed by atoms with van der Waals surface area (Å²) in [4.78, 5) is 19.3. The average Bonchev–Trinajstić information content (AvgIpc) is 3.13. The zero-order valence-corrected chi connectivity index (χ0v) is 15.3. The van der Waals surface area contributed by atoms with Gasteiger partial charge in [-0.05, 0) is 36.2 Å². The van der Waals surface area contributed by atoms with Crippen molar-refractivity contribution in [1.29, 1.82) is 0 Å². The quantitative estimate of drug-likeness (QED) is 0.472. The third-order valence-electron chi connectivity index (χ3n) is 4.33. The number of thiazole rings is 1. The molecule has 134 valence electrons. The summed E-state index contributed by atoms with van der Waals surface area (Å²) in [6.45, 7) is 0.428. The van der Waals surface area contributed by atoms with Gasteiger partial charge in [0.25, 0.3) is 5.91 Å². The average molecular weight is 376 g/mol. The molecule has 1 heterocycles. The van der Waals surface area contributed by atoms with Crippen LogP contribution >= 0.6 is 11.3 Å².